The van der Waals surface area contributed by atoms with Crippen LogP contribution in [0.1, 0.15) is 23.1 Å². The predicted octanol–water partition coefficient (Wildman–Crippen LogP) is 6.03. The highest BCUT2D eigenvalue weighted by Gasteiger charge is 2.19. The van der Waals surface area contributed by atoms with Gasteiger partial charge < -0.3 is 14.4 Å². The second-order valence-corrected chi connectivity index (χ2v) is 8.81. The minimum Gasteiger partial charge on any atom is -0.479 e. The van der Waals surface area contributed by atoms with E-state index in [1.165, 1.54) is 27.4 Å². The fourth-order valence-electron chi connectivity index (χ4n) is 4.62. The summed E-state index contributed by atoms with van der Waals surface area (Å²) in [5, 5.41) is 12.1. The molecule has 5 aromatic rings. The van der Waals surface area contributed by atoms with Crippen molar-refractivity contribution < 1.29 is 14.6 Å². The lowest BCUT2D eigenvalue weighted by atomic mass is 10.0. The van der Waals surface area contributed by atoms with Crippen molar-refractivity contribution in [3.8, 4) is 0 Å². The fraction of sp³-hybridized carbons (Fsp3) is 0.200. The number of fused-ring (bicyclic) bond motifs is 3. The van der Waals surface area contributed by atoms with Crippen LogP contribution in [-0.2, 0) is 35.5 Å². The zero-order valence-electron chi connectivity index (χ0n) is 19.5. The number of carboxylic acids is 1. The number of benzene rings is 3. The molecule has 0 unspecified atom stereocenters. The van der Waals surface area contributed by atoms with E-state index in [9.17, 15) is 9.90 Å². The van der Waals surface area contributed by atoms with Gasteiger partial charge in [0.15, 0.2) is 6.10 Å². The normalized spacial score (nSPS) is 12.2. The Morgan fingerprint density at radius 1 is 0.829 bits per heavy atom. The summed E-state index contributed by atoms with van der Waals surface area (Å²) in [6, 6.07) is 28.4. The number of aryl methyl sites for hydroxylation is 2. The Kier molecular flexibility index (Phi) is 6.87. The molecule has 5 heteroatoms. The van der Waals surface area contributed by atoms with Gasteiger partial charge >= 0.3 is 5.97 Å². The molecule has 5 nitrogen and oxygen atoms in total. The van der Waals surface area contributed by atoms with Crippen LogP contribution in [0.5, 0.6) is 0 Å². The lowest BCUT2D eigenvalue weighted by Gasteiger charge is -2.14. The second kappa shape index (κ2) is 10.5. The average Bonchev–Trinajstić information content (AvgIpc) is 3.22. The van der Waals surface area contributed by atoms with Gasteiger partial charge in [0.05, 0.1) is 18.3 Å². The molecule has 1 N–H and O–H groups in total. The first-order chi connectivity index (χ1) is 17.2. The molecule has 0 fully saturated rings. The number of hydrogen-bond acceptors (Lipinski definition) is 3. The predicted molar refractivity (Wildman–Crippen MR) is 138 cm³/mol. The molecule has 0 spiro atoms. The van der Waals surface area contributed by atoms with Gasteiger partial charge in [0.1, 0.15) is 0 Å². The van der Waals surface area contributed by atoms with E-state index in [-0.39, 0.29) is 6.61 Å². The Balaban J connectivity index is 1.20. The van der Waals surface area contributed by atoms with Gasteiger partial charge in [0, 0.05) is 35.5 Å². The molecule has 0 aliphatic heterocycles. The molecular formula is C30H28N2O3. The van der Waals surface area contributed by atoms with E-state index in [1.807, 2.05) is 54.9 Å². The summed E-state index contributed by atoms with van der Waals surface area (Å²) in [5.74, 6) is -0.939. The molecule has 3 aromatic carbocycles. The van der Waals surface area contributed by atoms with Crippen LogP contribution in [0.3, 0.4) is 0 Å². The maximum atomic E-state index is 11.7. The van der Waals surface area contributed by atoms with Gasteiger partial charge in [-0.25, -0.2) is 4.79 Å². The van der Waals surface area contributed by atoms with Crippen LogP contribution in [0.2, 0.25) is 0 Å². The van der Waals surface area contributed by atoms with Crippen molar-refractivity contribution >= 4 is 27.8 Å². The van der Waals surface area contributed by atoms with E-state index in [0.717, 1.165) is 30.5 Å². The van der Waals surface area contributed by atoms with Gasteiger partial charge in [-0.15, -0.1) is 0 Å². The third-order valence-corrected chi connectivity index (χ3v) is 6.44. The van der Waals surface area contributed by atoms with Gasteiger partial charge in [-0.3, -0.25) is 4.98 Å². The molecule has 0 bridgehead atoms. The number of para-hydroxylation sites is 1. The Morgan fingerprint density at radius 2 is 1.54 bits per heavy atom. The number of hydrogen-bond donors (Lipinski definition) is 1. The lowest BCUT2D eigenvalue weighted by molar-refractivity contribution is -0.151. The van der Waals surface area contributed by atoms with Gasteiger partial charge in [-0.1, -0.05) is 72.8 Å². The van der Waals surface area contributed by atoms with Crippen LogP contribution >= 0.6 is 0 Å². The maximum absolute atomic E-state index is 11.7. The smallest absolute Gasteiger partial charge is 0.333 e. The minimum atomic E-state index is -0.939. The number of pyridine rings is 1. The summed E-state index contributed by atoms with van der Waals surface area (Å²) in [7, 11) is 0. The van der Waals surface area contributed by atoms with Crippen molar-refractivity contribution in [1.82, 2.24) is 9.55 Å². The molecule has 0 radical (unpaired) electrons. The molecule has 2 aromatic heterocycles. The van der Waals surface area contributed by atoms with Gasteiger partial charge in [-0.05, 0) is 41.7 Å². The summed E-state index contributed by atoms with van der Waals surface area (Å²) in [4.78, 5) is 16.0. The number of aliphatic carboxylic acids is 1. The molecule has 0 saturated carbocycles. The van der Waals surface area contributed by atoms with Crippen LogP contribution in [0.15, 0.2) is 97.3 Å². The van der Waals surface area contributed by atoms with Crippen molar-refractivity contribution in [3.05, 3.63) is 114 Å². The van der Waals surface area contributed by atoms with E-state index in [1.54, 1.807) is 0 Å². The number of carboxylic acid groups (broad SMARTS) is 1. The number of carbonyl (C=O) groups is 1. The van der Waals surface area contributed by atoms with Crippen LogP contribution in [0, 0.1) is 0 Å². The number of aromatic nitrogens is 2. The molecule has 0 saturated heterocycles. The Morgan fingerprint density at radius 3 is 2.34 bits per heavy atom. The lowest BCUT2D eigenvalue weighted by Crippen LogP contribution is -2.26. The second-order valence-electron chi connectivity index (χ2n) is 8.81. The van der Waals surface area contributed by atoms with E-state index >= 15 is 0 Å². The van der Waals surface area contributed by atoms with Crippen LogP contribution < -0.4 is 0 Å². The highest BCUT2D eigenvalue weighted by molar-refractivity contribution is 6.07. The monoisotopic (exact) mass is 464 g/mol. The number of rotatable bonds is 10. The Hall–Kier alpha value is -3.96. The first kappa shape index (κ1) is 22.8. The van der Waals surface area contributed by atoms with Crippen molar-refractivity contribution in [1.29, 1.82) is 0 Å². The first-order valence-corrected chi connectivity index (χ1v) is 12.0. The molecule has 0 aliphatic carbocycles. The molecule has 0 aliphatic rings. The molecule has 35 heavy (non-hydrogen) atoms. The first-order valence-electron chi connectivity index (χ1n) is 12.0. The van der Waals surface area contributed by atoms with Crippen molar-refractivity contribution in [2.75, 3.05) is 0 Å². The molecule has 2 heterocycles. The summed E-state index contributed by atoms with van der Waals surface area (Å²) in [5.41, 5.74) is 5.57. The summed E-state index contributed by atoms with van der Waals surface area (Å²) >= 11 is 0. The molecule has 1 atom stereocenters. The largest absolute Gasteiger partial charge is 0.479 e. The third kappa shape index (κ3) is 5.26. The molecule has 176 valence electrons. The summed E-state index contributed by atoms with van der Waals surface area (Å²) < 4.78 is 8.05. The molecular weight excluding hydrogens is 436 g/mol. The summed E-state index contributed by atoms with van der Waals surface area (Å²) in [6.07, 6.45) is 5.22. The quantitative estimate of drug-likeness (QED) is 0.274. The van der Waals surface area contributed by atoms with E-state index < -0.39 is 12.1 Å². The zero-order chi connectivity index (χ0) is 24.0. The van der Waals surface area contributed by atoms with Crippen LogP contribution in [0.4, 0.5) is 0 Å². The van der Waals surface area contributed by atoms with E-state index in [2.05, 4.69) is 52.0 Å². The standard InChI is InChI=1S/C30H28N2O3/c33-30(34)29(35-21-24-7-2-1-3-8-24)19-23-14-12-22(13-15-23)9-6-18-32-27-11-5-4-10-25(27)26-16-17-31-20-28(26)32/h1-5,7-8,10-17,20,29H,6,9,18-19,21H2,(H,33,34)/t29-/m0/s1. The minimum absolute atomic E-state index is 0.286. The Labute approximate surface area is 204 Å². The zero-order valence-corrected chi connectivity index (χ0v) is 19.5. The van der Waals surface area contributed by atoms with Crippen molar-refractivity contribution in [3.63, 3.8) is 0 Å². The Bertz CT molecular complexity index is 1370. The van der Waals surface area contributed by atoms with E-state index in [4.69, 9.17) is 4.74 Å². The summed E-state index contributed by atoms with van der Waals surface area (Å²) in [6.45, 7) is 1.19. The molecule has 0 amide bonds. The van der Waals surface area contributed by atoms with Crippen molar-refractivity contribution in [2.45, 2.75) is 38.5 Å². The number of nitrogens with zero attached hydrogens (tertiary/aromatic N) is 2. The maximum Gasteiger partial charge on any atom is 0.333 e. The van der Waals surface area contributed by atoms with E-state index in [0.29, 0.717) is 6.42 Å². The van der Waals surface area contributed by atoms with Gasteiger partial charge in [-0.2, -0.15) is 0 Å². The van der Waals surface area contributed by atoms with Gasteiger partial charge in [0.2, 0.25) is 0 Å². The van der Waals surface area contributed by atoms with Gasteiger partial charge in [0.25, 0.3) is 0 Å². The average molecular weight is 465 g/mol. The highest BCUT2D eigenvalue weighted by Crippen LogP contribution is 2.28. The highest BCUT2D eigenvalue weighted by atomic mass is 16.5. The number of ether oxygens (including phenoxy) is 1. The SMILES string of the molecule is O=C(O)[C@H](Cc1ccc(CCCn2c3ccccc3c3ccncc32)cc1)OCc1ccccc1. The topological polar surface area (TPSA) is 64.3 Å². The van der Waals surface area contributed by atoms with Crippen LogP contribution in [-0.4, -0.2) is 26.7 Å². The third-order valence-electron chi connectivity index (χ3n) is 6.44. The van der Waals surface area contributed by atoms with Crippen molar-refractivity contribution in [2.24, 2.45) is 0 Å². The fourth-order valence-corrected chi connectivity index (χ4v) is 4.62. The van der Waals surface area contributed by atoms with Crippen LogP contribution in [0.25, 0.3) is 21.8 Å². The molecule has 5 rings (SSSR count).